The Kier molecular flexibility index (Phi) is 5.37. The molecule has 8 heteroatoms. The number of hydrogen-bond acceptors (Lipinski definition) is 7. The molecule has 5 heterocycles. The van der Waals surface area contributed by atoms with Crippen LogP contribution in [-0.2, 0) is 19.4 Å². The van der Waals surface area contributed by atoms with Gasteiger partial charge in [-0.05, 0) is 30.7 Å². The minimum Gasteiger partial charge on any atom is -0.481 e. The summed E-state index contributed by atoms with van der Waals surface area (Å²) in [6, 6.07) is 7.92. The van der Waals surface area contributed by atoms with Gasteiger partial charge in [0, 0.05) is 64.3 Å². The van der Waals surface area contributed by atoms with E-state index in [1.54, 1.807) is 17.5 Å². The summed E-state index contributed by atoms with van der Waals surface area (Å²) in [6.45, 7) is 3.74. The fourth-order valence-corrected chi connectivity index (χ4v) is 6.24. The number of halogens is 1. The minimum atomic E-state index is -0.473. The summed E-state index contributed by atoms with van der Waals surface area (Å²) in [4.78, 5) is 5.48. The van der Waals surface area contributed by atoms with Crippen molar-refractivity contribution in [3.8, 4) is 16.9 Å². The fraction of sp³-hybridized carbons (Fsp3) is 0.360. The number of ether oxygens (including phenoxy) is 1. The molecule has 6 rings (SSSR count). The summed E-state index contributed by atoms with van der Waals surface area (Å²) >= 11 is 8.15. The molecule has 0 aliphatic carbocycles. The molecule has 0 spiro atoms. The predicted molar refractivity (Wildman–Crippen MR) is 129 cm³/mol. The van der Waals surface area contributed by atoms with E-state index < -0.39 is 6.10 Å². The van der Waals surface area contributed by atoms with Crippen LogP contribution in [0.25, 0.3) is 21.3 Å². The van der Waals surface area contributed by atoms with Gasteiger partial charge in [0.1, 0.15) is 5.75 Å². The summed E-state index contributed by atoms with van der Waals surface area (Å²) in [5.41, 5.74) is 6.03. The summed E-state index contributed by atoms with van der Waals surface area (Å²) < 4.78 is 13.3. The van der Waals surface area contributed by atoms with E-state index in [9.17, 15) is 5.11 Å². The number of aliphatic hydroxyl groups is 1. The van der Waals surface area contributed by atoms with E-state index in [0.717, 1.165) is 86.9 Å². The Morgan fingerprint density at radius 3 is 3.09 bits per heavy atom. The molecule has 0 bridgehead atoms. The number of hydrogen-bond donors (Lipinski definition) is 2. The smallest absolute Gasteiger partial charge is 0.182 e. The van der Waals surface area contributed by atoms with Crippen LogP contribution < -0.4 is 10.1 Å². The molecule has 2 N–H and O–H groups in total. The molecular weight excluding hydrogens is 458 g/mol. The van der Waals surface area contributed by atoms with E-state index in [1.807, 2.05) is 24.3 Å². The molecule has 0 saturated heterocycles. The van der Waals surface area contributed by atoms with Crippen LogP contribution in [0.5, 0.6) is 5.75 Å². The SMILES string of the molecule is CCCC(O)c1cc2nccc(-c3cc(Cl)cc4c3OC(c3onc5c3CNCC5)C4)c2s1. The largest absolute Gasteiger partial charge is 0.481 e. The molecule has 0 amide bonds. The second-order valence-corrected chi connectivity index (χ2v) is 10.2. The molecule has 3 aromatic heterocycles. The normalized spacial score (nSPS) is 18.2. The summed E-state index contributed by atoms with van der Waals surface area (Å²) in [5, 5.41) is 18.9. The first-order chi connectivity index (χ1) is 16.1. The van der Waals surface area contributed by atoms with Crippen LogP contribution in [-0.4, -0.2) is 21.8 Å². The lowest BCUT2D eigenvalue weighted by Crippen LogP contribution is -2.24. The van der Waals surface area contributed by atoms with Crippen LogP contribution in [0, 0.1) is 0 Å². The van der Waals surface area contributed by atoms with Crippen LogP contribution >= 0.6 is 22.9 Å². The third-order valence-electron chi connectivity index (χ3n) is 6.44. The standard InChI is InChI=1S/C25H24ClN3O3S/c1-2-3-20(30)22-11-19-25(33-22)15(4-7-28-19)16-10-14(26)8-13-9-21(31-23(13)16)24-17-12-27-6-5-18(17)29-32-24/h4,7-8,10-11,20-21,27,30H,2-3,5-6,9,12H2,1H3. The fourth-order valence-electron chi connectivity index (χ4n) is 4.83. The number of aromatic nitrogens is 2. The summed E-state index contributed by atoms with van der Waals surface area (Å²) in [7, 11) is 0. The first-order valence-electron chi connectivity index (χ1n) is 11.4. The van der Waals surface area contributed by atoms with E-state index in [4.69, 9.17) is 20.9 Å². The predicted octanol–water partition coefficient (Wildman–Crippen LogP) is 5.76. The van der Waals surface area contributed by atoms with Gasteiger partial charge in [0.2, 0.25) is 0 Å². The second kappa shape index (κ2) is 8.40. The molecule has 0 radical (unpaired) electrons. The van der Waals surface area contributed by atoms with Crippen molar-refractivity contribution in [2.24, 2.45) is 0 Å². The van der Waals surface area contributed by atoms with E-state index in [2.05, 4.69) is 22.4 Å². The first kappa shape index (κ1) is 21.1. The van der Waals surface area contributed by atoms with Crippen molar-refractivity contribution < 1.29 is 14.4 Å². The highest BCUT2D eigenvalue weighted by Gasteiger charge is 2.34. The maximum atomic E-state index is 10.5. The number of fused-ring (bicyclic) bond motifs is 3. The molecule has 2 aliphatic heterocycles. The third-order valence-corrected chi connectivity index (χ3v) is 7.92. The van der Waals surface area contributed by atoms with Gasteiger partial charge < -0.3 is 19.7 Å². The summed E-state index contributed by atoms with van der Waals surface area (Å²) in [5.74, 6) is 1.63. The zero-order chi connectivity index (χ0) is 22.5. The van der Waals surface area contributed by atoms with Gasteiger partial charge in [0.05, 0.1) is 22.0 Å². The highest BCUT2D eigenvalue weighted by atomic mass is 35.5. The van der Waals surface area contributed by atoms with Gasteiger partial charge >= 0.3 is 0 Å². The van der Waals surface area contributed by atoms with Gasteiger partial charge in [-0.25, -0.2) is 0 Å². The second-order valence-electron chi connectivity index (χ2n) is 8.68. The lowest BCUT2D eigenvalue weighted by molar-refractivity contribution is 0.170. The number of nitrogens with zero attached hydrogens (tertiary/aromatic N) is 2. The van der Waals surface area contributed by atoms with Crippen LogP contribution in [0.1, 0.15) is 59.4 Å². The molecule has 1 aromatic carbocycles. The van der Waals surface area contributed by atoms with Crippen LogP contribution in [0.4, 0.5) is 0 Å². The zero-order valence-electron chi connectivity index (χ0n) is 18.2. The van der Waals surface area contributed by atoms with E-state index in [1.165, 1.54) is 0 Å². The molecular formula is C25H24ClN3O3S. The van der Waals surface area contributed by atoms with Crippen LogP contribution in [0.15, 0.2) is 35.0 Å². The molecule has 0 fully saturated rings. The maximum Gasteiger partial charge on any atom is 0.182 e. The Hall–Kier alpha value is -2.45. The zero-order valence-corrected chi connectivity index (χ0v) is 19.8. The third kappa shape index (κ3) is 3.64. The summed E-state index contributed by atoms with van der Waals surface area (Å²) in [6.07, 6.45) is 4.32. The van der Waals surface area contributed by atoms with E-state index >= 15 is 0 Å². The first-order valence-corrected chi connectivity index (χ1v) is 12.6. The van der Waals surface area contributed by atoms with Crippen LogP contribution in [0.2, 0.25) is 5.02 Å². The minimum absolute atomic E-state index is 0.226. The Balaban J connectivity index is 1.42. The highest BCUT2D eigenvalue weighted by Crippen LogP contribution is 2.48. The molecule has 2 aliphatic rings. The van der Waals surface area contributed by atoms with Gasteiger partial charge in [-0.3, -0.25) is 4.98 Å². The number of aliphatic hydroxyl groups excluding tert-OH is 1. The molecule has 170 valence electrons. The maximum absolute atomic E-state index is 10.5. The number of pyridine rings is 1. The van der Waals surface area contributed by atoms with E-state index in [-0.39, 0.29) is 6.10 Å². The number of nitrogens with one attached hydrogen (secondary N) is 1. The molecule has 0 saturated carbocycles. The number of benzene rings is 1. The molecule has 4 aromatic rings. The molecule has 33 heavy (non-hydrogen) atoms. The molecule has 2 atom stereocenters. The lowest BCUT2D eigenvalue weighted by atomic mass is 9.99. The quantitative estimate of drug-likeness (QED) is 0.377. The average molecular weight is 482 g/mol. The Labute approximate surface area is 200 Å². The van der Waals surface area contributed by atoms with E-state index in [0.29, 0.717) is 11.4 Å². The van der Waals surface area contributed by atoms with Crippen molar-refractivity contribution in [2.75, 3.05) is 6.54 Å². The topological polar surface area (TPSA) is 80.4 Å². The average Bonchev–Trinajstić information content (AvgIpc) is 3.54. The molecule has 6 nitrogen and oxygen atoms in total. The van der Waals surface area contributed by atoms with Gasteiger partial charge in [0.15, 0.2) is 11.9 Å². The van der Waals surface area contributed by atoms with Crippen molar-refractivity contribution in [2.45, 2.75) is 51.4 Å². The number of rotatable bonds is 5. The van der Waals surface area contributed by atoms with Crippen molar-refractivity contribution in [3.05, 3.63) is 62.9 Å². The van der Waals surface area contributed by atoms with Gasteiger partial charge in [-0.1, -0.05) is 30.1 Å². The van der Waals surface area contributed by atoms with Gasteiger partial charge in [-0.2, -0.15) is 0 Å². The van der Waals surface area contributed by atoms with Crippen molar-refractivity contribution in [1.29, 1.82) is 0 Å². The van der Waals surface area contributed by atoms with Crippen molar-refractivity contribution >= 4 is 33.2 Å². The Morgan fingerprint density at radius 1 is 1.30 bits per heavy atom. The Bertz CT molecular complexity index is 1350. The van der Waals surface area contributed by atoms with Crippen LogP contribution in [0.3, 0.4) is 0 Å². The lowest BCUT2D eigenvalue weighted by Gasteiger charge is -2.15. The highest BCUT2D eigenvalue weighted by molar-refractivity contribution is 7.19. The van der Waals surface area contributed by atoms with Gasteiger partial charge in [0.25, 0.3) is 0 Å². The van der Waals surface area contributed by atoms with Crippen molar-refractivity contribution in [3.63, 3.8) is 0 Å². The monoisotopic (exact) mass is 481 g/mol. The number of thiophene rings is 1. The van der Waals surface area contributed by atoms with Gasteiger partial charge in [-0.15, -0.1) is 11.3 Å². The Morgan fingerprint density at radius 2 is 2.21 bits per heavy atom. The van der Waals surface area contributed by atoms with Crippen molar-refractivity contribution in [1.82, 2.24) is 15.5 Å². The molecule has 2 unspecified atom stereocenters.